The van der Waals surface area contributed by atoms with Gasteiger partial charge in [-0.15, -0.1) is 0 Å². The van der Waals surface area contributed by atoms with Gasteiger partial charge >= 0.3 is 0 Å². The van der Waals surface area contributed by atoms with Crippen LogP contribution in [0.3, 0.4) is 0 Å². The number of pyridine rings is 1. The Morgan fingerprint density at radius 1 is 1.07 bits per heavy atom. The van der Waals surface area contributed by atoms with Crippen molar-refractivity contribution >= 4 is 59.9 Å². The topological polar surface area (TPSA) is 112 Å². The van der Waals surface area contributed by atoms with Crippen molar-refractivity contribution in [1.82, 2.24) is 24.2 Å². The predicted octanol–water partition coefficient (Wildman–Crippen LogP) is 1.01. The van der Waals surface area contributed by atoms with E-state index >= 15 is 0 Å². The molecule has 0 saturated carbocycles. The number of thioether (sulfide) groups is 1. The number of aliphatic hydroxyl groups excluding tert-OH is 1. The molecule has 4 heterocycles. The number of anilines is 1. The Morgan fingerprint density at radius 2 is 1.83 bits per heavy atom. The van der Waals surface area contributed by atoms with Gasteiger partial charge in [0, 0.05) is 41.8 Å². The summed E-state index contributed by atoms with van der Waals surface area (Å²) in [5.41, 5.74) is -1.35. The van der Waals surface area contributed by atoms with Crippen LogP contribution in [0.25, 0.3) is 28.0 Å². The maximum Gasteiger partial charge on any atom is 0.146 e. The molecule has 5 rings (SSSR count). The van der Waals surface area contributed by atoms with Crippen LogP contribution in [0.2, 0.25) is 0 Å². The lowest BCUT2D eigenvalue weighted by Crippen LogP contribution is -2.40. The number of hydrogen-bond acceptors (Lipinski definition) is 8. The highest BCUT2D eigenvalue weighted by molar-refractivity contribution is 7.99. The van der Waals surface area contributed by atoms with Crippen molar-refractivity contribution in [3.05, 3.63) is 60.3 Å². The lowest BCUT2D eigenvalue weighted by atomic mass is 9.73. The fraction of sp³-hybridized carbons (Fsp3) is 0.407. The number of aliphatic hydroxyl groups is 3. The Morgan fingerprint density at radius 3 is 2.48 bits per heavy atom. The molecule has 1 aromatic carbocycles. The SMILES string of the molecule is [B]C([B])(O)Nc1ccc(-c2ccc3c(CCN(CCO)C4CCSCC4)cn(-c4cnn(C([B])([B])O)c4)c3n2)cc1F. The molecule has 0 aliphatic carbocycles. The average Bonchev–Trinajstić information content (AvgIpc) is 3.57. The Hall–Kier alpha value is -2.70. The van der Waals surface area contributed by atoms with E-state index in [2.05, 4.69) is 15.3 Å². The molecule has 0 atom stereocenters. The molecule has 4 aromatic rings. The van der Waals surface area contributed by atoms with Gasteiger partial charge in [-0.1, -0.05) is 6.07 Å². The Bertz CT molecular complexity index is 1530. The third kappa shape index (κ3) is 7.08. The monoisotopic (exact) mass is 580 g/mol. The molecule has 1 aliphatic rings. The number of nitrogens with one attached hydrogen (secondary N) is 1. The second kappa shape index (κ2) is 12.5. The minimum absolute atomic E-state index is 0.0644. The number of nitrogens with zero attached hydrogens (tertiary/aromatic N) is 5. The summed E-state index contributed by atoms with van der Waals surface area (Å²) < 4.78 is 17.7. The molecule has 0 unspecified atom stereocenters. The van der Waals surface area contributed by atoms with Crippen LogP contribution in [0.5, 0.6) is 0 Å². The standard InChI is InChI=1S/C27H29B4FN6O3S/c28-26(29,40)35-24-3-1-17(13-22(24)32)23-4-2-21-18(5-8-36(9-10-39)19-6-11-42-12-7-19)15-37(25(21)34-23)20-14-33-38(16-20)27(30,31)41/h1-4,13-16,19,35,39-41H,5-12H2. The van der Waals surface area contributed by atoms with Gasteiger partial charge in [-0.2, -0.15) is 16.9 Å². The van der Waals surface area contributed by atoms with Crippen molar-refractivity contribution in [2.24, 2.45) is 0 Å². The van der Waals surface area contributed by atoms with E-state index in [4.69, 9.17) is 36.4 Å². The highest BCUT2D eigenvalue weighted by Crippen LogP contribution is 2.30. The maximum absolute atomic E-state index is 14.8. The first-order valence-electron chi connectivity index (χ1n) is 13.6. The Balaban J connectivity index is 1.52. The van der Waals surface area contributed by atoms with Gasteiger partial charge in [0.05, 0.1) is 41.6 Å². The summed E-state index contributed by atoms with van der Waals surface area (Å²) in [7, 11) is 21.9. The molecule has 1 saturated heterocycles. The highest BCUT2D eigenvalue weighted by Gasteiger charge is 2.23. The normalized spacial score (nSPS) is 15.1. The molecule has 9 nitrogen and oxygen atoms in total. The summed E-state index contributed by atoms with van der Waals surface area (Å²) in [4.78, 5) is 7.23. The zero-order valence-electron chi connectivity index (χ0n) is 23.0. The number of rotatable bonds is 11. The minimum Gasteiger partial charge on any atom is -0.395 e. The van der Waals surface area contributed by atoms with Crippen molar-refractivity contribution in [3.63, 3.8) is 0 Å². The molecule has 15 heteroatoms. The molecule has 0 bridgehead atoms. The van der Waals surface area contributed by atoms with E-state index in [9.17, 15) is 19.7 Å². The number of aromatic nitrogens is 4. The highest BCUT2D eigenvalue weighted by atomic mass is 32.2. The van der Waals surface area contributed by atoms with Gasteiger partial charge in [0.2, 0.25) is 0 Å². The smallest absolute Gasteiger partial charge is 0.146 e. The molecule has 210 valence electrons. The summed E-state index contributed by atoms with van der Waals surface area (Å²) >= 11 is 1.96. The zero-order chi connectivity index (χ0) is 30.1. The third-order valence-electron chi connectivity index (χ3n) is 7.31. The molecule has 0 amide bonds. The van der Waals surface area contributed by atoms with E-state index in [1.54, 1.807) is 6.07 Å². The van der Waals surface area contributed by atoms with Gasteiger partial charge in [-0.25, -0.2) is 9.37 Å². The molecule has 4 N–H and O–H groups in total. The van der Waals surface area contributed by atoms with Gasteiger partial charge in [-0.3, -0.25) is 14.1 Å². The first kappa shape index (κ1) is 30.7. The first-order valence-corrected chi connectivity index (χ1v) is 14.8. The lowest BCUT2D eigenvalue weighted by molar-refractivity contribution is 0.126. The molecule has 8 radical (unpaired) electrons. The van der Waals surface area contributed by atoms with Crippen molar-refractivity contribution in [3.8, 4) is 16.9 Å². The molecule has 1 aliphatic heterocycles. The van der Waals surface area contributed by atoms with Crippen LogP contribution in [0.4, 0.5) is 10.1 Å². The van der Waals surface area contributed by atoms with Crippen LogP contribution in [-0.4, -0.2) is 114 Å². The second-order valence-corrected chi connectivity index (χ2v) is 11.7. The van der Waals surface area contributed by atoms with Crippen molar-refractivity contribution in [1.29, 1.82) is 0 Å². The summed E-state index contributed by atoms with van der Waals surface area (Å²) in [6, 6.07) is 8.50. The van der Waals surface area contributed by atoms with E-state index in [-0.39, 0.29) is 12.3 Å². The van der Waals surface area contributed by atoms with Crippen LogP contribution in [0, 0.1) is 5.82 Å². The summed E-state index contributed by atoms with van der Waals surface area (Å²) in [5, 5.41) is 36.6. The van der Waals surface area contributed by atoms with Gasteiger partial charge in [-0.05, 0) is 60.6 Å². The molecule has 42 heavy (non-hydrogen) atoms. The van der Waals surface area contributed by atoms with Crippen molar-refractivity contribution in [2.45, 2.75) is 36.4 Å². The first-order chi connectivity index (χ1) is 19.9. The minimum atomic E-state index is -2.27. The van der Waals surface area contributed by atoms with Crippen LogP contribution in [0.1, 0.15) is 18.4 Å². The van der Waals surface area contributed by atoms with Crippen molar-refractivity contribution in [2.75, 3.05) is 36.5 Å². The Labute approximate surface area is 253 Å². The predicted molar refractivity (Wildman–Crippen MR) is 167 cm³/mol. The number of halogens is 1. The molecule has 1 fully saturated rings. The van der Waals surface area contributed by atoms with E-state index in [1.807, 2.05) is 34.7 Å². The van der Waals surface area contributed by atoms with Gasteiger partial charge in [0.15, 0.2) is 0 Å². The van der Waals surface area contributed by atoms with E-state index in [0.29, 0.717) is 41.6 Å². The van der Waals surface area contributed by atoms with Crippen LogP contribution in [0.15, 0.2) is 48.9 Å². The van der Waals surface area contributed by atoms with Crippen LogP contribution >= 0.6 is 11.8 Å². The quantitative estimate of drug-likeness (QED) is 0.154. The van der Waals surface area contributed by atoms with E-state index < -0.39 is 16.9 Å². The van der Waals surface area contributed by atoms with Gasteiger partial charge in [0.1, 0.15) is 42.8 Å². The van der Waals surface area contributed by atoms with Gasteiger partial charge < -0.3 is 20.6 Å². The average molecular weight is 580 g/mol. The molecular formula is C27H29B4FN6O3S. The number of fused-ring (bicyclic) bond motifs is 1. The third-order valence-corrected chi connectivity index (χ3v) is 8.36. The summed E-state index contributed by atoms with van der Waals surface area (Å²) in [5.74, 6) is 1.57. The fourth-order valence-corrected chi connectivity index (χ4v) is 6.35. The largest absolute Gasteiger partial charge is 0.395 e. The number of benzene rings is 1. The van der Waals surface area contributed by atoms with Crippen molar-refractivity contribution < 1.29 is 19.7 Å². The van der Waals surface area contributed by atoms with Crippen LogP contribution < -0.4 is 5.32 Å². The van der Waals surface area contributed by atoms with Crippen LogP contribution in [-0.2, 0) is 11.9 Å². The summed E-state index contributed by atoms with van der Waals surface area (Å²) in [6.07, 6.45) is 7.88. The maximum atomic E-state index is 14.8. The van der Waals surface area contributed by atoms with E-state index in [0.717, 1.165) is 46.5 Å². The Kier molecular flexibility index (Phi) is 9.15. The zero-order valence-corrected chi connectivity index (χ0v) is 23.8. The molecule has 3 aromatic heterocycles. The van der Waals surface area contributed by atoms with E-state index in [1.165, 1.54) is 24.5 Å². The summed E-state index contributed by atoms with van der Waals surface area (Å²) in [6.45, 7) is 1.46. The molecular weight excluding hydrogens is 551 g/mol. The van der Waals surface area contributed by atoms with Gasteiger partial charge in [0.25, 0.3) is 0 Å². The fourth-order valence-electron chi connectivity index (χ4n) is 5.27. The second-order valence-electron chi connectivity index (χ2n) is 10.5. The lowest BCUT2D eigenvalue weighted by Gasteiger charge is -2.33. The number of hydrogen-bond donors (Lipinski definition) is 4. The molecule has 0 spiro atoms.